The molecular formula is C29H38N4O6. The van der Waals surface area contributed by atoms with Gasteiger partial charge >= 0.3 is 5.97 Å². The molecule has 0 saturated heterocycles. The molecule has 0 aromatic heterocycles. The summed E-state index contributed by atoms with van der Waals surface area (Å²) in [7, 11) is 3.29. The van der Waals surface area contributed by atoms with Crippen molar-refractivity contribution in [3.05, 3.63) is 52.1 Å². The number of hydrogen-bond acceptors (Lipinski definition) is 7. The third-order valence-corrected chi connectivity index (χ3v) is 6.76. The average Bonchev–Trinajstić information content (AvgIpc) is 3.16. The largest absolute Gasteiger partial charge is 0.505 e. The molecule has 1 aliphatic heterocycles. The Morgan fingerprint density at radius 1 is 1.18 bits per heavy atom. The number of rotatable bonds is 11. The van der Waals surface area contributed by atoms with E-state index >= 15 is 0 Å². The predicted molar refractivity (Wildman–Crippen MR) is 150 cm³/mol. The molecule has 3 rings (SSSR count). The normalized spacial score (nSPS) is 12.8. The first-order valence-corrected chi connectivity index (χ1v) is 13.0. The number of aromatic hydroxyl groups is 1. The fourth-order valence-corrected chi connectivity index (χ4v) is 4.65. The van der Waals surface area contributed by atoms with Crippen molar-refractivity contribution in [2.24, 2.45) is 0 Å². The SMILES string of the molecule is CCOc1cc2c(cc1C(=O)NC)C(=N)N(CC(=O)c1cc(N(C)CCCC(=O)O)c(O)c(C(C)(C)C)c1)C2. The molecule has 1 heterocycles. The molecule has 0 atom stereocenters. The fraction of sp³-hybridized carbons (Fsp3) is 0.448. The van der Waals surface area contributed by atoms with Gasteiger partial charge in [0.1, 0.15) is 17.3 Å². The van der Waals surface area contributed by atoms with E-state index in [9.17, 15) is 19.5 Å². The van der Waals surface area contributed by atoms with Crippen molar-refractivity contribution < 1.29 is 29.3 Å². The van der Waals surface area contributed by atoms with Crippen LogP contribution in [-0.2, 0) is 16.8 Å². The van der Waals surface area contributed by atoms with E-state index in [-0.39, 0.29) is 36.2 Å². The van der Waals surface area contributed by atoms with Crippen LogP contribution in [0.5, 0.6) is 11.5 Å². The maximum Gasteiger partial charge on any atom is 0.303 e. The zero-order valence-electron chi connectivity index (χ0n) is 23.5. The summed E-state index contributed by atoms with van der Waals surface area (Å²) < 4.78 is 5.66. The summed E-state index contributed by atoms with van der Waals surface area (Å²) in [6, 6.07) is 6.70. The molecule has 0 unspecified atom stereocenters. The number of phenols is 1. The van der Waals surface area contributed by atoms with Crippen LogP contribution in [0.4, 0.5) is 5.69 Å². The minimum absolute atomic E-state index is 0.000121. The number of ketones is 1. The highest BCUT2D eigenvalue weighted by atomic mass is 16.5. The number of benzene rings is 2. The molecule has 0 aliphatic carbocycles. The van der Waals surface area contributed by atoms with Crippen molar-refractivity contribution in [2.75, 3.05) is 38.7 Å². The lowest BCUT2D eigenvalue weighted by Crippen LogP contribution is -2.31. The third kappa shape index (κ3) is 6.50. The molecule has 0 spiro atoms. The zero-order valence-corrected chi connectivity index (χ0v) is 23.5. The number of carboxylic acid groups (broad SMARTS) is 1. The molecule has 0 radical (unpaired) electrons. The van der Waals surface area contributed by atoms with Crippen molar-refractivity contribution in [2.45, 2.75) is 52.5 Å². The number of carboxylic acids is 1. The van der Waals surface area contributed by atoms with Gasteiger partial charge in [0.25, 0.3) is 5.91 Å². The topological polar surface area (TPSA) is 143 Å². The van der Waals surface area contributed by atoms with Gasteiger partial charge in [-0.1, -0.05) is 20.8 Å². The molecular weight excluding hydrogens is 500 g/mol. The Balaban J connectivity index is 1.91. The first-order valence-electron chi connectivity index (χ1n) is 13.0. The maximum atomic E-state index is 13.6. The van der Waals surface area contributed by atoms with Crippen LogP contribution < -0.4 is 15.0 Å². The number of amidine groups is 1. The first-order chi connectivity index (χ1) is 18.3. The number of ether oxygens (including phenoxy) is 1. The minimum Gasteiger partial charge on any atom is -0.505 e. The van der Waals surface area contributed by atoms with Crippen LogP contribution in [0.2, 0.25) is 0 Å². The minimum atomic E-state index is -0.892. The Bertz CT molecular complexity index is 1300. The number of hydrogen-bond donors (Lipinski definition) is 4. The van der Waals surface area contributed by atoms with E-state index in [0.29, 0.717) is 59.8 Å². The standard InChI is InChI=1S/C29H38N4O6/c1-7-39-24-13-18-15-33(27(30)19(18)14-20(24)28(38)31-5)16-23(34)17-11-21(29(2,3)4)26(37)22(12-17)32(6)10-8-9-25(35)36/h11-14,30,37H,7-10,15-16H2,1-6H3,(H,31,38)(H,35,36). The number of Topliss-reactive ketones (excluding diaryl/α,β-unsaturated/α-hetero) is 1. The number of nitrogens with one attached hydrogen (secondary N) is 2. The average molecular weight is 539 g/mol. The van der Waals surface area contributed by atoms with Crippen molar-refractivity contribution in [3.63, 3.8) is 0 Å². The highest BCUT2D eigenvalue weighted by Crippen LogP contribution is 2.39. The van der Waals surface area contributed by atoms with Gasteiger partial charge in [-0.05, 0) is 48.6 Å². The Hall–Kier alpha value is -4.08. The Labute approximate surface area is 229 Å². The van der Waals surface area contributed by atoms with Gasteiger partial charge in [-0.15, -0.1) is 0 Å². The molecule has 210 valence electrons. The van der Waals surface area contributed by atoms with Crippen LogP contribution in [-0.4, -0.2) is 72.4 Å². The van der Waals surface area contributed by atoms with Gasteiger partial charge in [0, 0.05) is 50.3 Å². The van der Waals surface area contributed by atoms with Crippen molar-refractivity contribution >= 4 is 29.2 Å². The summed E-state index contributed by atoms with van der Waals surface area (Å²) in [6.45, 7) is 8.68. The van der Waals surface area contributed by atoms with Crippen LogP contribution in [0.25, 0.3) is 0 Å². The smallest absolute Gasteiger partial charge is 0.303 e. The predicted octanol–water partition coefficient (Wildman–Crippen LogP) is 3.77. The highest BCUT2D eigenvalue weighted by molar-refractivity contribution is 6.08. The summed E-state index contributed by atoms with van der Waals surface area (Å²) in [6.07, 6.45) is 0.388. The van der Waals surface area contributed by atoms with Crippen molar-refractivity contribution in [1.29, 1.82) is 5.41 Å². The number of phenolic OH excluding ortho intramolecular Hbond substituents is 1. The molecule has 1 aliphatic rings. The number of carbonyl (C=O) groups excluding carboxylic acids is 2. The van der Waals surface area contributed by atoms with E-state index in [2.05, 4.69) is 5.32 Å². The van der Waals surface area contributed by atoms with Crippen molar-refractivity contribution in [1.82, 2.24) is 10.2 Å². The van der Waals surface area contributed by atoms with Gasteiger partial charge in [0.15, 0.2) is 5.78 Å². The summed E-state index contributed by atoms with van der Waals surface area (Å²) in [5.74, 6) is -0.801. The molecule has 10 heteroatoms. The summed E-state index contributed by atoms with van der Waals surface area (Å²) in [5.41, 5.74) is 2.69. The summed E-state index contributed by atoms with van der Waals surface area (Å²) >= 11 is 0. The second kappa shape index (κ2) is 11.8. The van der Waals surface area contributed by atoms with E-state index < -0.39 is 11.4 Å². The molecule has 39 heavy (non-hydrogen) atoms. The number of carbonyl (C=O) groups is 3. The molecule has 1 amide bonds. The van der Waals surface area contributed by atoms with E-state index in [4.69, 9.17) is 15.3 Å². The number of nitrogens with zero attached hydrogens (tertiary/aromatic N) is 2. The van der Waals surface area contributed by atoms with Crippen LogP contribution >= 0.6 is 0 Å². The van der Waals surface area contributed by atoms with Gasteiger partial charge in [-0.2, -0.15) is 0 Å². The Morgan fingerprint density at radius 2 is 1.87 bits per heavy atom. The lowest BCUT2D eigenvalue weighted by atomic mass is 9.84. The number of fused-ring (bicyclic) bond motifs is 1. The van der Waals surface area contributed by atoms with E-state index in [1.807, 2.05) is 27.7 Å². The van der Waals surface area contributed by atoms with Crippen LogP contribution in [0.3, 0.4) is 0 Å². The number of amides is 1. The second-order valence-corrected chi connectivity index (χ2v) is 10.7. The van der Waals surface area contributed by atoms with E-state index in [1.54, 1.807) is 41.1 Å². The molecule has 0 saturated carbocycles. The molecule has 0 bridgehead atoms. The third-order valence-electron chi connectivity index (χ3n) is 6.76. The molecule has 2 aromatic carbocycles. The number of anilines is 1. The Kier molecular flexibility index (Phi) is 8.88. The maximum absolute atomic E-state index is 13.6. The van der Waals surface area contributed by atoms with E-state index in [1.165, 1.54) is 7.05 Å². The monoisotopic (exact) mass is 538 g/mol. The Morgan fingerprint density at radius 3 is 2.46 bits per heavy atom. The number of aliphatic carboxylic acids is 1. The zero-order chi connectivity index (χ0) is 29.1. The molecule has 2 aromatic rings. The summed E-state index contributed by atoms with van der Waals surface area (Å²) in [4.78, 5) is 40.3. The molecule has 4 N–H and O–H groups in total. The van der Waals surface area contributed by atoms with Gasteiger partial charge < -0.3 is 30.1 Å². The van der Waals surface area contributed by atoms with Crippen LogP contribution in [0.1, 0.15) is 77.9 Å². The first kappa shape index (κ1) is 29.5. The van der Waals surface area contributed by atoms with Gasteiger partial charge in [-0.3, -0.25) is 19.8 Å². The lowest BCUT2D eigenvalue weighted by Gasteiger charge is -2.27. The van der Waals surface area contributed by atoms with Gasteiger partial charge in [0.2, 0.25) is 0 Å². The fourth-order valence-electron chi connectivity index (χ4n) is 4.65. The van der Waals surface area contributed by atoms with Crippen LogP contribution in [0, 0.1) is 5.41 Å². The van der Waals surface area contributed by atoms with Crippen molar-refractivity contribution in [3.8, 4) is 11.5 Å². The van der Waals surface area contributed by atoms with Gasteiger partial charge in [0.05, 0.1) is 24.4 Å². The van der Waals surface area contributed by atoms with E-state index in [0.717, 1.165) is 5.56 Å². The lowest BCUT2D eigenvalue weighted by molar-refractivity contribution is -0.137. The van der Waals surface area contributed by atoms with Crippen LogP contribution in [0.15, 0.2) is 24.3 Å². The molecule has 0 fully saturated rings. The summed E-state index contributed by atoms with van der Waals surface area (Å²) in [5, 5.41) is 31.3. The quantitative estimate of drug-likeness (QED) is 0.317. The molecule has 10 nitrogen and oxygen atoms in total. The van der Waals surface area contributed by atoms with Gasteiger partial charge in [-0.25, -0.2) is 0 Å². The second-order valence-electron chi connectivity index (χ2n) is 10.7. The highest BCUT2D eigenvalue weighted by Gasteiger charge is 2.30.